The van der Waals surface area contributed by atoms with E-state index in [1.807, 2.05) is 0 Å². The van der Waals surface area contributed by atoms with E-state index in [0.717, 1.165) is 31.8 Å². The van der Waals surface area contributed by atoms with Gasteiger partial charge < -0.3 is 19.5 Å². The van der Waals surface area contributed by atoms with Crippen molar-refractivity contribution in [3.8, 4) is 5.75 Å². The number of aliphatic carboxylic acids is 1. The third kappa shape index (κ3) is 5.56. The van der Waals surface area contributed by atoms with Gasteiger partial charge in [-0.2, -0.15) is 0 Å². The molecular weight excluding hydrogens is 298 g/mol. The molecule has 0 spiro atoms. The van der Waals surface area contributed by atoms with E-state index in [1.165, 1.54) is 4.90 Å². The molecule has 0 atom stereocenters. The summed E-state index contributed by atoms with van der Waals surface area (Å²) in [6.45, 7) is 1.87. The Kier molecular flexibility index (Phi) is 6.40. The average Bonchev–Trinajstić information content (AvgIpc) is 2.55. The first-order valence-electron chi connectivity index (χ1n) is 7.88. The molecule has 0 saturated carbocycles. The summed E-state index contributed by atoms with van der Waals surface area (Å²) in [5.74, 6) is -0.213. The van der Waals surface area contributed by atoms with Crippen LogP contribution in [0.15, 0.2) is 24.3 Å². The van der Waals surface area contributed by atoms with Crippen LogP contribution >= 0.6 is 0 Å². The van der Waals surface area contributed by atoms with Crippen LogP contribution in [0.1, 0.15) is 36.0 Å². The molecule has 0 unspecified atom stereocenters. The highest BCUT2D eigenvalue weighted by Crippen LogP contribution is 2.19. The molecule has 1 N–H and O–H groups in total. The van der Waals surface area contributed by atoms with E-state index in [4.69, 9.17) is 14.6 Å². The molecule has 0 radical (unpaired) electrons. The lowest BCUT2D eigenvalue weighted by Gasteiger charge is -2.23. The highest BCUT2D eigenvalue weighted by Gasteiger charge is 2.16. The van der Waals surface area contributed by atoms with Crippen molar-refractivity contribution in [3.05, 3.63) is 29.8 Å². The van der Waals surface area contributed by atoms with Crippen molar-refractivity contribution < 1.29 is 24.2 Å². The summed E-state index contributed by atoms with van der Waals surface area (Å²) in [6.07, 6.45) is 2.45. The van der Waals surface area contributed by atoms with Gasteiger partial charge in [-0.3, -0.25) is 9.59 Å². The first-order chi connectivity index (χ1) is 11.1. The minimum absolute atomic E-state index is 0.0650. The molecule has 1 aliphatic rings. The van der Waals surface area contributed by atoms with Gasteiger partial charge >= 0.3 is 5.97 Å². The number of carbonyl (C=O) groups is 2. The molecule has 1 heterocycles. The van der Waals surface area contributed by atoms with E-state index in [2.05, 4.69) is 0 Å². The van der Waals surface area contributed by atoms with Crippen molar-refractivity contribution in [2.45, 2.75) is 31.8 Å². The number of hydrogen-bond donors (Lipinski definition) is 1. The molecule has 1 aromatic rings. The van der Waals surface area contributed by atoms with E-state index in [0.29, 0.717) is 18.5 Å². The normalized spacial score (nSPS) is 15.2. The van der Waals surface area contributed by atoms with Gasteiger partial charge in [0.1, 0.15) is 11.9 Å². The van der Waals surface area contributed by atoms with Gasteiger partial charge in [-0.15, -0.1) is 0 Å². The Balaban J connectivity index is 1.85. The number of amides is 1. The van der Waals surface area contributed by atoms with Crippen molar-refractivity contribution >= 4 is 11.9 Å². The van der Waals surface area contributed by atoms with Crippen LogP contribution in [0, 0.1) is 0 Å². The minimum atomic E-state index is -0.847. The van der Waals surface area contributed by atoms with Crippen LogP contribution in [0.4, 0.5) is 0 Å². The zero-order chi connectivity index (χ0) is 16.7. The van der Waals surface area contributed by atoms with Crippen molar-refractivity contribution in [2.75, 3.05) is 26.8 Å². The van der Waals surface area contributed by atoms with E-state index >= 15 is 0 Å². The SMILES string of the molecule is CN(CCCC(=O)O)C(=O)c1ccc(OC2CCOCC2)cc1. The molecule has 6 nitrogen and oxygen atoms in total. The molecule has 1 fully saturated rings. The van der Waals surface area contributed by atoms with E-state index in [1.54, 1.807) is 31.3 Å². The smallest absolute Gasteiger partial charge is 0.303 e. The van der Waals surface area contributed by atoms with Crippen LogP contribution in [0.5, 0.6) is 5.75 Å². The lowest BCUT2D eigenvalue weighted by atomic mass is 10.1. The zero-order valence-corrected chi connectivity index (χ0v) is 13.4. The Morgan fingerprint density at radius 1 is 1.26 bits per heavy atom. The minimum Gasteiger partial charge on any atom is -0.490 e. The Hall–Kier alpha value is -2.08. The quantitative estimate of drug-likeness (QED) is 0.833. The van der Waals surface area contributed by atoms with Crippen LogP contribution in [-0.2, 0) is 9.53 Å². The van der Waals surface area contributed by atoms with Crippen LogP contribution in [0.2, 0.25) is 0 Å². The fourth-order valence-electron chi connectivity index (χ4n) is 2.45. The summed E-state index contributed by atoms with van der Waals surface area (Å²) in [7, 11) is 1.68. The molecule has 1 aromatic carbocycles. The highest BCUT2D eigenvalue weighted by molar-refractivity contribution is 5.94. The largest absolute Gasteiger partial charge is 0.490 e. The number of carboxylic acid groups (broad SMARTS) is 1. The molecule has 6 heteroatoms. The van der Waals surface area contributed by atoms with Gasteiger partial charge in [-0.1, -0.05) is 0 Å². The predicted octanol–water partition coefficient (Wildman–Crippen LogP) is 2.18. The molecular formula is C17H23NO5. The van der Waals surface area contributed by atoms with Gasteiger partial charge in [-0.25, -0.2) is 0 Å². The lowest BCUT2D eigenvalue weighted by Crippen LogP contribution is -2.28. The van der Waals surface area contributed by atoms with E-state index < -0.39 is 5.97 Å². The van der Waals surface area contributed by atoms with Crippen LogP contribution < -0.4 is 4.74 Å². The van der Waals surface area contributed by atoms with E-state index in [9.17, 15) is 9.59 Å². The lowest BCUT2D eigenvalue weighted by molar-refractivity contribution is -0.137. The fourth-order valence-corrected chi connectivity index (χ4v) is 2.45. The monoisotopic (exact) mass is 321 g/mol. The third-order valence-corrected chi connectivity index (χ3v) is 3.80. The number of ether oxygens (including phenoxy) is 2. The molecule has 1 aliphatic heterocycles. The highest BCUT2D eigenvalue weighted by atomic mass is 16.5. The van der Waals surface area contributed by atoms with Gasteiger partial charge in [0.2, 0.25) is 0 Å². The molecule has 0 aromatic heterocycles. The topological polar surface area (TPSA) is 76.1 Å². The van der Waals surface area contributed by atoms with Gasteiger partial charge in [0, 0.05) is 38.4 Å². The molecule has 0 bridgehead atoms. The molecule has 126 valence electrons. The second-order valence-electron chi connectivity index (χ2n) is 5.68. The first kappa shape index (κ1) is 17.3. The maximum absolute atomic E-state index is 12.2. The predicted molar refractivity (Wildman–Crippen MR) is 84.7 cm³/mol. The molecule has 1 saturated heterocycles. The number of carbonyl (C=O) groups excluding carboxylic acids is 1. The Morgan fingerprint density at radius 2 is 1.91 bits per heavy atom. The number of benzene rings is 1. The van der Waals surface area contributed by atoms with Crippen molar-refractivity contribution in [3.63, 3.8) is 0 Å². The standard InChI is InChI=1S/C17H23NO5/c1-18(10-2-3-16(19)20)17(21)13-4-6-14(7-5-13)23-15-8-11-22-12-9-15/h4-7,15H,2-3,8-12H2,1H3,(H,19,20). The van der Waals surface area contributed by atoms with Crippen molar-refractivity contribution in [2.24, 2.45) is 0 Å². The second kappa shape index (κ2) is 8.53. The first-order valence-corrected chi connectivity index (χ1v) is 7.88. The molecule has 0 aliphatic carbocycles. The van der Waals surface area contributed by atoms with Gasteiger partial charge in [-0.05, 0) is 30.7 Å². The number of carboxylic acids is 1. The molecule has 1 amide bonds. The Labute approximate surface area is 136 Å². The van der Waals surface area contributed by atoms with Gasteiger partial charge in [0.15, 0.2) is 0 Å². The van der Waals surface area contributed by atoms with Crippen LogP contribution in [-0.4, -0.2) is 54.8 Å². The fraction of sp³-hybridized carbons (Fsp3) is 0.529. The summed E-state index contributed by atoms with van der Waals surface area (Å²) in [5, 5.41) is 8.62. The maximum atomic E-state index is 12.2. The van der Waals surface area contributed by atoms with Crippen molar-refractivity contribution in [1.29, 1.82) is 0 Å². The zero-order valence-electron chi connectivity index (χ0n) is 13.4. The third-order valence-electron chi connectivity index (χ3n) is 3.80. The summed E-state index contributed by atoms with van der Waals surface area (Å²) < 4.78 is 11.2. The number of rotatable bonds is 7. The summed E-state index contributed by atoms with van der Waals surface area (Å²) in [4.78, 5) is 24.3. The van der Waals surface area contributed by atoms with E-state index in [-0.39, 0.29) is 18.4 Å². The molecule has 2 rings (SSSR count). The summed E-state index contributed by atoms with van der Waals surface area (Å²) in [6, 6.07) is 7.08. The van der Waals surface area contributed by atoms with Crippen LogP contribution in [0.25, 0.3) is 0 Å². The number of hydrogen-bond acceptors (Lipinski definition) is 4. The second-order valence-corrected chi connectivity index (χ2v) is 5.68. The van der Waals surface area contributed by atoms with Gasteiger partial charge in [0.25, 0.3) is 5.91 Å². The maximum Gasteiger partial charge on any atom is 0.303 e. The van der Waals surface area contributed by atoms with Crippen molar-refractivity contribution in [1.82, 2.24) is 4.90 Å². The number of nitrogens with zero attached hydrogens (tertiary/aromatic N) is 1. The Bertz CT molecular complexity index is 522. The van der Waals surface area contributed by atoms with Gasteiger partial charge in [0.05, 0.1) is 13.2 Å². The summed E-state index contributed by atoms with van der Waals surface area (Å²) in [5.41, 5.74) is 0.571. The van der Waals surface area contributed by atoms with Crippen LogP contribution in [0.3, 0.4) is 0 Å². The average molecular weight is 321 g/mol. The Morgan fingerprint density at radius 3 is 2.52 bits per heavy atom. The molecule has 23 heavy (non-hydrogen) atoms. The summed E-state index contributed by atoms with van der Waals surface area (Å²) >= 11 is 0.